The lowest BCUT2D eigenvalue weighted by Gasteiger charge is -2.38. The molecule has 1 aliphatic carbocycles. The molecule has 33 heavy (non-hydrogen) atoms. The van der Waals surface area contributed by atoms with Gasteiger partial charge in [-0.05, 0) is 41.2 Å². The number of nitrogens with one attached hydrogen (secondary N) is 1. The number of benzene rings is 3. The lowest BCUT2D eigenvalue weighted by molar-refractivity contribution is -0.0426. The molecule has 3 aliphatic rings. The van der Waals surface area contributed by atoms with Crippen molar-refractivity contribution in [3.8, 4) is 0 Å². The van der Waals surface area contributed by atoms with E-state index in [1.165, 1.54) is 22.3 Å². The molecule has 2 heterocycles. The molecule has 1 fully saturated rings. The summed E-state index contributed by atoms with van der Waals surface area (Å²) in [6.45, 7) is 3.81. The second-order valence-corrected chi connectivity index (χ2v) is 9.56. The average molecular weight is 439 g/mol. The minimum Gasteiger partial charge on any atom is -0.450 e. The van der Waals surface area contributed by atoms with Crippen LogP contribution in [0.3, 0.4) is 0 Å². The second-order valence-electron chi connectivity index (χ2n) is 9.56. The summed E-state index contributed by atoms with van der Waals surface area (Å²) in [5.74, 6) is -0.161. The van der Waals surface area contributed by atoms with Crippen LogP contribution in [0.1, 0.15) is 57.1 Å². The van der Waals surface area contributed by atoms with Crippen LogP contribution in [-0.4, -0.2) is 37.0 Å². The Bertz CT molecular complexity index is 1130. The van der Waals surface area contributed by atoms with Gasteiger partial charge in [0.15, 0.2) is 0 Å². The number of hydrogen-bond acceptors (Lipinski definition) is 4. The van der Waals surface area contributed by atoms with Crippen molar-refractivity contribution in [1.29, 1.82) is 0 Å². The molecule has 1 saturated heterocycles. The number of carbonyl (C=O) groups is 1. The summed E-state index contributed by atoms with van der Waals surface area (Å²) in [4.78, 5) is 14.9. The summed E-state index contributed by atoms with van der Waals surface area (Å²) in [5.41, 5.74) is 7.14. The highest BCUT2D eigenvalue weighted by Crippen LogP contribution is 2.43. The molecule has 0 saturated carbocycles. The fraction of sp³-hybridized carbons (Fsp3) is 0.345. The summed E-state index contributed by atoms with van der Waals surface area (Å²) in [7, 11) is 0. The molecule has 0 radical (unpaired) electrons. The van der Waals surface area contributed by atoms with Gasteiger partial charge in [-0.2, -0.15) is 0 Å². The first-order valence-corrected chi connectivity index (χ1v) is 12.2. The van der Waals surface area contributed by atoms with Crippen molar-refractivity contribution in [1.82, 2.24) is 10.2 Å². The van der Waals surface area contributed by atoms with Gasteiger partial charge in [0.25, 0.3) is 0 Å². The number of aryl methyl sites for hydroxylation is 2. The van der Waals surface area contributed by atoms with E-state index in [2.05, 4.69) is 64.8 Å². The monoisotopic (exact) mass is 438 g/mol. The second kappa shape index (κ2) is 8.44. The van der Waals surface area contributed by atoms with Gasteiger partial charge in [-0.1, -0.05) is 66.7 Å². The average Bonchev–Trinajstić information content (AvgIpc) is 3.03. The molecule has 168 valence electrons. The molecular weight excluding hydrogens is 408 g/mol. The lowest BCUT2D eigenvalue weighted by Crippen LogP contribution is -2.45. The van der Waals surface area contributed by atoms with Gasteiger partial charge in [-0.15, -0.1) is 0 Å². The number of ether oxygens (including phenoxy) is 1. The molecule has 4 heteroatoms. The van der Waals surface area contributed by atoms with Crippen LogP contribution in [0.5, 0.6) is 0 Å². The van der Waals surface area contributed by atoms with E-state index in [1.807, 2.05) is 18.2 Å². The number of fused-ring (bicyclic) bond motifs is 4. The minimum absolute atomic E-state index is 0.161. The van der Waals surface area contributed by atoms with Crippen LogP contribution in [0.15, 0.2) is 72.8 Å². The number of likely N-dealkylation sites (tertiary alicyclic amines) is 1. The van der Waals surface area contributed by atoms with Crippen LogP contribution < -0.4 is 5.32 Å². The highest BCUT2D eigenvalue weighted by atomic mass is 16.6. The fourth-order valence-corrected chi connectivity index (χ4v) is 5.97. The van der Waals surface area contributed by atoms with Crippen LogP contribution in [0, 0.1) is 0 Å². The standard InChI is InChI=1S/C29H30N2O2/c32-28-25-11-5-6-12-26(25)29(33-28)15-18-31(19-16-29)20-17-30-27-23-9-3-1-7-21(23)13-14-22-8-2-4-10-24(22)27/h1-12,27,30H,13-20H2. The van der Waals surface area contributed by atoms with Crippen molar-refractivity contribution in [2.75, 3.05) is 26.2 Å². The maximum Gasteiger partial charge on any atom is 0.339 e. The molecule has 1 spiro atoms. The van der Waals surface area contributed by atoms with Crippen molar-refractivity contribution in [2.45, 2.75) is 37.3 Å². The van der Waals surface area contributed by atoms with Gasteiger partial charge in [-0.25, -0.2) is 4.79 Å². The Hall–Kier alpha value is -2.95. The molecule has 0 atom stereocenters. The zero-order chi connectivity index (χ0) is 22.3. The fourth-order valence-electron chi connectivity index (χ4n) is 5.97. The van der Waals surface area contributed by atoms with Gasteiger partial charge >= 0.3 is 5.97 Å². The summed E-state index contributed by atoms with van der Waals surface area (Å²) >= 11 is 0. The van der Waals surface area contributed by atoms with Gasteiger partial charge in [0, 0.05) is 44.6 Å². The number of carbonyl (C=O) groups excluding carboxylic acids is 1. The Morgan fingerprint density at radius 2 is 1.45 bits per heavy atom. The van der Waals surface area contributed by atoms with Gasteiger partial charge in [0.05, 0.1) is 11.6 Å². The van der Waals surface area contributed by atoms with E-state index < -0.39 is 5.60 Å². The number of rotatable bonds is 4. The molecule has 6 rings (SSSR count). The van der Waals surface area contributed by atoms with E-state index in [-0.39, 0.29) is 12.0 Å². The van der Waals surface area contributed by atoms with Crippen LogP contribution >= 0.6 is 0 Å². The molecule has 0 aromatic heterocycles. The quantitative estimate of drug-likeness (QED) is 0.604. The number of nitrogens with zero attached hydrogens (tertiary/aromatic N) is 1. The maximum absolute atomic E-state index is 12.4. The molecule has 0 bridgehead atoms. The van der Waals surface area contributed by atoms with E-state index in [0.29, 0.717) is 0 Å². The van der Waals surface area contributed by atoms with Gasteiger partial charge < -0.3 is 15.0 Å². The van der Waals surface area contributed by atoms with Crippen molar-refractivity contribution >= 4 is 5.97 Å². The first-order chi connectivity index (χ1) is 16.2. The molecule has 3 aromatic rings. The zero-order valence-corrected chi connectivity index (χ0v) is 18.9. The van der Waals surface area contributed by atoms with Gasteiger partial charge in [0.2, 0.25) is 0 Å². The van der Waals surface area contributed by atoms with E-state index in [9.17, 15) is 4.79 Å². The summed E-state index contributed by atoms with van der Waals surface area (Å²) < 4.78 is 5.92. The van der Waals surface area contributed by atoms with E-state index in [4.69, 9.17) is 4.74 Å². The molecule has 2 aliphatic heterocycles. The van der Waals surface area contributed by atoms with E-state index in [1.54, 1.807) is 0 Å². The predicted molar refractivity (Wildman–Crippen MR) is 129 cm³/mol. The molecule has 0 unspecified atom stereocenters. The van der Waals surface area contributed by atoms with Crippen LogP contribution in [-0.2, 0) is 23.2 Å². The third-order valence-electron chi connectivity index (χ3n) is 7.76. The number of esters is 1. The zero-order valence-electron chi connectivity index (χ0n) is 18.9. The molecule has 0 amide bonds. The Balaban J connectivity index is 1.13. The smallest absolute Gasteiger partial charge is 0.339 e. The normalized spacial score (nSPS) is 19.5. The SMILES string of the molecule is O=C1OC2(CCN(CCNC3c4ccccc4CCc4ccccc43)CC2)c2ccccc21. The van der Waals surface area contributed by atoms with Crippen LogP contribution in [0.2, 0.25) is 0 Å². The topological polar surface area (TPSA) is 41.6 Å². The first kappa shape index (κ1) is 20.6. The molecular formula is C29H30N2O2. The predicted octanol–water partition coefficient (Wildman–Crippen LogP) is 4.63. The number of piperidine rings is 1. The van der Waals surface area contributed by atoms with Crippen LogP contribution in [0.25, 0.3) is 0 Å². The van der Waals surface area contributed by atoms with Crippen LogP contribution in [0.4, 0.5) is 0 Å². The van der Waals surface area contributed by atoms with Gasteiger partial charge in [-0.3, -0.25) is 0 Å². The summed E-state index contributed by atoms with van der Waals surface area (Å²) in [5, 5.41) is 3.88. The summed E-state index contributed by atoms with van der Waals surface area (Å²) in [6, 6.07) is 25.9. The first-order valence-electron chi connectivity index (χ1n) is 12.2. The highest BCUT2D eigenvalue weighted by Gasteiger charge is 2.46. The largest absolute Gasteiger partial charge is 0.450 e. The Labute approximate surface area is 195 Å². The highest BCUT2D eigenvalue weighted by molar-refractivity contribution is 5.94. The maximum atomic E-state index is 12.4. The number of hydrogen-bond donors (Lipinski definition) is 1. The van der Waals surface area contributed by atoms with Crippen molar-refractivity contribution in [3.05, 3.63) is 106 Å². The lowest BCUT2D eigenvalue weighted by atomic mass is 9.84. The van der Waals surface area contributed by atoms with Gasteiger partial charge in [0.1, 0.15) is 5.60 Å². The Morgan fingerprint density at radius 1 is 0.848 bits per heavy atom. The van der Waals surface area contributed by atoms with Crippen molar-refractivity contribution < 1.29 is 9.53 Å². The Morgan fingerprint density at radius 3 is 2.15 bits per heavy atom. The molecule has 1 N–H and O–H groups in total. The minimum atomic E-state index is -0.420. The van der Waals surface area contributed by atoms with Crippen molar-refractivity contribution in [2.24, 2.45) is 0 Å². The van der Waals surface area contributed by atoms with E-state index in [0.717, 1.165) is 63.0 Å². The Kier molecular flexibility index (Phi) is 5.28. The van der Waals surface area contributed by atoms with E-state index >= 15 is 0 Å². The molecule has 4 nitrogen and oxygen atoms in total. The summed E-state index contributed by atoms with van der Waals surface area (Å²) in [6.07, 6.45) is 3.93. The van der Waals surface area contributed by atoms with Crippen molar-refractivity contribution in [3.63, 3.8) is 0 Å². The third kappa shape index (κ3) is 3.68. The molecule has 3 aromatic carbocycles. The third-order valence-corrected chi connectivity index (χ3v) is 7.76.